The molecule has 1 saturated carbocycles. The van der Waals surface area contributed by atoms with E-state index >= 15 is 0 Å². The first-order valence-electron chi connectivity index (χ1n) is 13.1. The number of pyridine rings is 1. The van der Waals surface area contributed by atoms with Gasteiger partial charge < -0.3 is 18.9 Å². The highest BCUT2D eigenvalue weighted by atomic mass is 35.5. The summed E-state index contributed by atoms with van der Waals surface area (Å²) in [7, 11) is -2.55. The van der Waals surface area contributed by atoms with E-state index in [4.69, 9.17) is 30.5 Å². The maximum atomic E-state index is 13.0. The molecule has 15 heteroatoms. The van der Waals surface area contributed by atoms with Gasteiger partial charge in [-0.2, -0.15) is 26.3 Å². The maximum Gasteiger partial charge on any atom is 0.421 e. The SMILES string of the molecule is COCCOc1ccc(CCCOC(=O)NS(=O)(=O)NC2CCCCCC2)c(Oc2ncc(C(F)(F)F)cc2Cl)c1. The van der Waals surface area contributed by atoms with Crippen LogP contribution in [0, 0.1) is 0 Å². The van der Waals surface area contributed by atoms with E-state index in [1.165, 1.54) is 13.2 Å². The fourth-order valence-corrected chi connectivity index (χ4v) is 5.36. The summed E-state index contributed by atoms with van der Waals surface area (Å²) >= 11 is 6.01. The van der Waals surface area contributed by atoms with Gasteiger partial charge in [0, 0.05) is 25.4 Å². The molecule has 0 saturated heterocycles. The summed E-state index contributed by atoms with van der Waals surface area (Å²) < 4.78 is 89.2. The summed E-state index contributed by atoms with van der Waals surface area (Å²) in [4.78, 5) is 15.8. The van der Waals surface area contributed by atoms with Crippen LogP contribution in [0.3, 0.4) is 0 Å². The number of nitrogens with zero attached hydrogens (tertiary/aromatic N) is 1. The van der Waals surface area contributed by atoms with Crippen molar-refractivity contribution < 1.29 is 45.3 Å². The van der Waals surface area contributed by atoms with Gasteiger partial charge in [0.1, 0.15) is 23.1 Å². The van der Waals surface area contributed by atoms with Crippen molar-refractivity contribution in [3.8, 4) is 17.4 Å². The molecule has 0 spiro atoms. The molecule has 1 aromatic heterocycles. The molecule has 3 rings (SSSR count). The molecule has 1 fully saturated rings. The van der Waals surface area contributed by atoms with Crippen molar-refractivity contribution in [2.75, 3.05) is 26.9 Å². The first-order chi connectivity index (χ1) is 19.5. The lowest BCUT2D eigenvalue weighted by molar-refractivity contribution is -0.137. The fraction of sp³-hybridized carbons (Fsp3) is 0.538. The first-order valence-corrected chi connectivity index (χ1v) is 14.9. The Labute approximate surface area is 242 Å². The third-order valence-corrected chi connectivity index (χ3v) is 7.50. The van der Waals surface area contributed by atoms with Crippen LogP contribution in [0.25, 0.3) is 0 Å². The molecule has 2 aromatic rings. The maximum absolute atomic E-state index is 13.0. The van der Waals surface area contributed by atoms with Crippen molar-refractivity contribution in [3.63, 3.8) is 0 Å². The van der Waals surface area contributed by atoms with Gasteiger partial charge in [0.15, 0.2) is 0 Å². The highest BCUT2D eigenvalue weighted by molar-refractivity contribution is 7.88. The zero-order chi connectivity index (χ0) is 29.9. The van der Waals surface area contributed by atoms with Gasteiger partial charge in [0.25, 0.3) is 0 Å². The quantitative estimate of drug-likeness (QED) is 0.212. The Morgan fingerprint density at radius 2 is 1.83 bits per heavy atom. The number of amides is 1. The summed E-state index contributed by atoms with van der Waals surface area (Å²) in [6.45, 7) is 0.459. The Morgan fingerprint density at radius 1 is 1.10 bits per heavy atom. The van der Waals surface area contributed by atoms with Crippen LogP contribution in [0.4, 0.5) is 18.0 Å². The van der Waals surface area contributed by atoms with Crippen molar-refractivity contribution in [1.29, 1.82) is 0 Å². The summed E-state index contributed by atoms with van der Waals surface area (Å²) in [5, 5.41) is -0.338. The Balaban J connectivity index is 1.60. The number of halogens is 4. The van der Waals surface area contributed by atoms with Gasteiger partial charge in [-0.15, -0.1) is 0 Å². The Hall–Kier alpha value is -2.81. The topological polar surface area (TPSA) is 125 Å². The minimum atomic E-state index is -4.62. The molecule has 0 unspecified atom stereocenters. The Morgan fingerprint density at radius 3 is 2.49 bits per heavy atom. The lowest BCUT2D eigenvalue weighted by atomic mass is 10.1. The van der Waals surface area contributed by atoms with Gasteiger partial charge in [-0.25, -0.2) is 14.5 Å². The van der Waals surface area contributed by atoms with Crippen molar-refractivity contribution >= 4 is 27.9 Å². The summed E-state index contributed by atoms with van der Waals surface area (Å²) in [6, 6.07) is 5.36. The molecule has 1 aliphatic carbocycles. The molecule has 228 valence electrons. The van der Waals surface area contributed by atoms with Crippen LogP contribution >= 0.6 is 11.6 Å². The number of ether oxygens (including phenoxy) is 4. The number of carbonyl (C=O) groups is 1. The second-order valence-electron chi connectivity index (χ2n) is 9.37. The number of nitrogens with one attached hydrogen (secondary N) is 2. The van der Waals surface area contributed by atoms with Crippen molar-refractivity contribution in [2.24, 2.45) is 0 Å². The van der Waals surface area contributed by atoms with Crippen LogP contribution < -0.4 is 18.9 Å². The molecule has 0 atom stereocenters. The third-order valence-electron chi connectivity index (χ3n) is 6.15. The zero-order valence-electron chi connectivity index (χ0n) is 22.5. The molecule has 0 bridgehead atoms. The number of hydrogen-bond donors (Lipinski definition) is 2. The van der Waals surface area contributed by atoms with E-state index in [1.807, 2.05) is 4.72 Å². The molecular weight excluding hydrogens is 591 g/mol. The molecule has 10 nitrogen and oxygen atoms in total. The highest BCUT2D eigenvalue weighted by Gasteiger charge is 2.32. The number of methoxy groups -OCH3 is 1. The van der Waals surface area contributed by atoms with E-state index in [-0.39, 0.29) is 42.3 Å². The van der Waals surface area contributed by atoms with Gasteiger partial charge in [0.2, 0.25) is 5.88 Å². The third kappa shape index (κ3) is 11.2. The number of alkyl halides is 3. The van der Waals surface area contributed by atoms with Gasteiger partial charge in [-0.3, -0.25) is 0 Å². The molecule has 2 N–H and O–H groups in total. The Kier molecular flexibility index (Phi) is 12.3. The number of carbonyl (C=O) groups excluding carboxylic acids is 1. The van der Waals surface area contributed by atoms with E-state index in [0.717, 1.165) is 25.7 Å². The molecule has 1 aromatic carbocycles. The average molecular weight is 624 g/mol. The smallest absolute Gasteiger partial charge is 0.421 e. The predicted octanol–water partition coefficient (Wildman–Crippen LogP) is 5.79. The Bertz CT molecular complexity index is 1260. The van der Waals surface area contributed by atoms with Gasteiger partial charge in [-0.1, -0.05) is 43.4 Å². The minimum absolute atomic E-state index is 0.115. The summed E-state index contributed by atoms with van der Waals surface area (Å²) in [5.41, 5.74) is -0.429. The molecular formula is C26H33ClF3N3O7S. The number of benzene rings is 1. The standard InChI is InChI=1S/C26H33ClF3N3O7S/c1-37-13-14-38-21-11-10-18(23(16-21)40-24-22(27)15-19(17-31-24)26(28,29)30)7-6-12-39-25(34)33-41(35,36)32-20-8-4-2-3-5-9-20/h10-11,15-17,20,32H,2-9,12-14H2,1H3,(H,33,34). The van der Waals surface area contributed by atoms with Crippen LogP contribution in [-0.4, -0.2) is 52.5 Å². The predicted molar refractivity (Wildman–Crippen MR) is 144 cm³/mol. The van der Waals surface area contributed by atoms with Gasteiger partial charge in [0.05, 0.1) is 18.8 Å². The van der Waals surface area contributed by atoms with Crippen LogP contribution in [0.2, 0.25) is 5.02 Å². The zero-order valence-corrected chi connectivity index (χ0v) is 24.0. The highest BCUT2D eigenvalue weighted by Crippen LogP contribution is 2.36. The van der Waals surface area contributed by atoms with Gasteiger partial charge >= 0.3 is 22.5 Å². The van der Waals surface area contributed by atoms with Crippen LogP contribution in [0.5, 0.6) is 17.4 Å². The molecule has 1 heterocycles. The second-order valence-corrected chi connectivity index (χ2v) is 11.2. The van der Waals surface area contributed by atoms with Gasteiger partial charge in [-0.05, 0) is 43.4 Å². The molecule has 0 radical (unpaired) electrons. The number of aromatic nitrogens is 1. The molecule has 1 amide bonds. The van der Waals surface area contributed by atoms with Crippen molar-refractivity contribution in [2.45, 2.75) is 63.6 Å². The number of rotatable bonds is 13. The lowest BCUT2D eigenvalue weighted by Gasteiger charge is -2.16. The average Bonchev–Trinajstić information content (AvgIpc) is 3.16. The number of aryl methyl sites for hydroxylation is 1. The van der Waals surface area contributed by atoms with Crippen molar-refractivity contribution in [1.82, 2.24) is 14.4 Å². The van der Waals surface area contributed by atoms with E-state index in [9.17, 15) is 26.4 Å². The lowest BCUT2D eigenvalue weighted by Crippen LogP contribution is -2.45. The van der Waals surface area contributed by atoms with E-state index < -0.39 is 28.0 Å². The molecule has 1 aliphatic rings. The first kappa shape index (κ1) is 32.7. The largest absolute Gasteiger partial charge is 0.491 e. The summed E-state index contributed by atoms with van der Waals surface area (Å²) in [5.74, 6) is 0.386. The van der Waals surface area contributed by atoms with E-state index in [2.05, 4.69) is 9.71 Å². The van der Waals surface area contributed by atoms with Crippen LogP contribution in [0.1, 0.15) is 56.1 Å². The summed E-state index contributed by atoms with van der Waals surface area (Å²) in [6.07, 6.45) is 0.839. The normalized spacial score (nSPS) is 14.8. The van der Waals surface area contributed by atoms with E-state index in [1.54, 1.807) is 12.1 Å². The second kappa shape index (κ2) is 15.4. The monoisotopic (exact) mass is 623 g/mol. The van der Waals surface area contributed by atoms with Crippen LogP contribution in [0.15, 0.2) is 30.5 Å². The molecule has 0 aliphatic heterocycles. The van der Waals surface area contributed by atoms with Crippen LogP contribution in [-0.2, 0) is 32.3 Å². The fourth-order valence-electron chi connectivity index (χ4n) is 4.14. The number of hydrogen-bond acceptors (Lipinski definition) is 8. The minimum Gasteiger partial charge on any atom is -0.491 e. The van der Waals surface area contributed by atoms with E-state index in [0.29, 0.717) is 49.4 Å². The van der Waals surface area contributed by atoms with Crippen molar-refractivity contribution in [3.05, 3.63) is 46.6 Å². The molecule has 41 heavy (non-hydrogen) atoms.